The van der Waals surface area contributed by atoms with Gasteiger partial charge < -0.3 is 19.2 Å². The van der Waals surface area contributed by atoms with Crippen molar-refractivity contribution in [3.63, 3.8) is 0 Å². The quantitative estimate of drug-likeness (QED) is 0.182. The zero-order chi connectivity index (χ0) is 30.1. The molecule has 1 saturated heterocycles. The maximum Gasteiger partial charge on any atom is 0.409 e. The Bertz CT molecular complexity index is 1650. The Morgan fingerprint density at radius 1 is 0.864 bits per heavy atom. The molecule has 2 aromatic heterocycles. The van der Waals surface area contributed by atoms with Crippen LogP contribution in [0.2, 0.25) is 0 Å². The first-order chi connectivity index (χ1) is 21.7. The molecule has 44 heavy (non-hydrogen) atoms. The first kappa shape index (κ1) is 28.9. The SMILES string of the molecule is CCOC(=O)N1CCC(c2c(OCc3ccccc3)nn(OCc3ccccc3)c2-c2cccc(-c3cnccn3)c2)CC1. The van der Waals surface area contributed by atoms with Crippen LogP contribution in [0.15, 0.2) is 104 Å². The fourth-order valence-electron chi connectivity index (χ4n) is 5.50. The van der Waals surface area contributed by atoms with Crippen LogP contribution in [0.1, 0.15) is 42.4 Å². The van der Waals surface area contributed by atoms with Crippen molar-refractivity contribution in [2.24, 2.45) is 0 Å². The number of aromatic nitrogens is 4. The molecule has 0 bridgehead atoms. The molecule has 3 aromatic carbocycles. The van der Waals surface area contributed by atoms with Crippen LogP contribution < -0.4 is 9.57 Å². The summed E-state index contributed by atoms with van der Waals surface area (Å²) in [5, 5.41) is 4.92. The number of likely N-dealkylation sites (tertiary alicyclic amines) is 1. The highest BCUT2D eigenvalue weighted by Crippen LogP contribution is 2.42. The van der Waals surface area contributed by atoms with Gasteiger partial charge in [0.15, 0.2) is 0 Å². The van der Waals surface area contributed by atoms with Gasteiger partial charge in [-0.15, -0.1) is 0 Å². The van der Waals surface area contributed by atoms with Crippen molar-refractivity contribution in [2.45, 2.75) is 38.9 Å². The van der Waals surface area contributed by atoms with E-state index < -0.39 is 0 Å². The van der Waals surface area contributed by atoms with Gasteiger partial charge in [0.25, 0.3) is 0 Å². The van der Waals surface area contributed by atoms with Crippen LogP contribution in [0, 0.1) is 0 Å². The van der Waals surface area contributed by atoms with E-state index in [1.165, 1.54) is 0 Å². The Hall–Kier alpha value is -5.18. The molecule has 1 aliphatic rings. The Morgan fingerprint density at radius 2 is 1.57 bits per heavy atom. The van der Waals surface area contributed by atoms with Gasteiger partial charge in [-0.05, 0) is 42.9 Å². The molecule has 9 nitrogen and oxygen atoms in total. The molecule has 1 aliphatic heterocycles. The van der Waals surface area contributed by atoms with Crippen LogP contribution in [-0.2, 0) is 18.0 Å². The van der Waals surface area contributed by atoms with Crippen LogP contribution in [0.4, 0.5) is 4.79 Å². The number of nitrogens with zero attached hydrogens (tertiary/aromatic N) is 5. The maximum absolute atomic E-state index is 12.5. The zero-order valence-electron chi connectivity index (χ0n) is 24.7. The highest BCUT2D eigenvalue weighted by Gasteiger charge is 2.33. The van der Waals surface area contributed by atoms with Gasteiger partial charge in [-0.1, -0.05) is 88.8 Å². The number of rotatable bonds is 10. The van der Waals surface area contributed by atoms with E-state index >= 15 is 0 Å². The zero-order valence-corrected chi connectivity index (χ0v) is 24.7. The Labute approximate surface area is 257 Å². The van der Waals surface area contributed by atoms with E-state index in [1.807, 2.05) is 79.7 Å². The number of piperidine rings is 1. The van der Waals surface area contributed by atoms with E-state index in [2.05, 4.69) is 22.1 Å². The molecule has 0 spiro atoms. The van der Waals surface area contributed by atoms with Crippen molar-refractivity contribution in [2.75, 3.05) is 19.7 Å². The number of amides is 1. The fourth-order valence-corrected chi connectivity index (χ4v) is 5.50. The molecule has 1 fully saturated rings. The second-order valence-electron chi connectivity index (χ2n) is 10.6. The summed E-state index contributed by atoms with van der Waals surface area (Å²) in [5.74, 6) is 0.604. The van der Waals surface area contributed by atoms with Crippen molar-refractivity contribution in [1.82, 2.24) is 24.8 Å². The molecule has 3 heterocycles. The summed E-state index contributed by atoms with van der Waals surface area (Å²) >= 11 is 0. The molecular weight excluding hydrogens is 554 g/mol. The average Bonchev–Trinajstić information content (AvgIpc) is 3.46. The molecule has 0 atom stereocenters. The van der Waals surface area contributed by atoms with Crippen molar-refractivity contribution in [1.29, 1.82) is 0 Å². The predicted molar refractivity (Wildman–Crippen MR) is 167 cm³/mol. The minimum absolute atomic E-state index is 0.0794. The summed E-state index contributed by atoms with van der Waals surface area (Å²) in [6.45, 7) is 4.04. The number of carbonyl (C=O) groups excluding carboxylic acids is 1. The van der Waals surface area contributed by atoms with Crippen LogP contribution in [0.5, 0.6) is 5.88 Å². The minimum atomic E-state index is -0.273. The van der Waals surface area contributed by atoms with Crippen molar-refractivity contribution < 1.29 is 19.1 Å². The van der Waals surface area contributed by atoms with Crippen molar-refractivity contribution in [3.05, 3.63) is 120 Å². The summed E-state index contributed by atoms with van der Waals surface area (Å²) in [6, 6.07) is 28.2. The van der Waals surface area contributed by atoms with Crippen LogP contribution in [0.25, 0.3) is 22.5 Å². The van der Waals surface area contributed by atoms with Gasteiger partial charge in [0.05, 0.1) is 18.5 Å². The van der Waals surface area contributed by atoms with E-state index in [-0.39, 0.29) is 12.0 Å². The normalized spacial score (nSPS) is 13.4. The monoisotopic (exact) mass is 589 g/mol. The number of hydrogen-bond donors (Lipinski definition) is 0. The Balaban J connectivity index is 1.41. The lowest BCUT2D eigenvalue weighted by Gasteiger charge is -2.31. The van der Waals surface area contributed by atoms with Crippen LogP contribution >= 0.6 is 0 Å². The third-order valence-corrected chi connectivity index (χ3v) is 7.70. The third-order valence-electron chi connectivity index (χ3n) is 7.70. The molecule has 0 unspecified atom stereocenters. The van der Waals surface area contributed by atoms with Gasteiger partial charge in [0.1, 0.15) is 18.9 Å². The van der Waals surface area contributed by atoms with Gasteiger partial charge >= 0.3 is 6.09 Å². The van der Waals surface area contributed by atoms with Crippen molar-refractivity contribution in [3.8, 4) is 28.4 Å². The fraction of sp³-hybridized carbons (Fsp3) is 0.257. The molecule has 1 amide bonds. The van der Waals surface area contributed by atoms with E-state index in [0.29, 0.717) is 38.8 Å². The molecule has 0 N–H and O–H groups in total. The molecule has 9 heteroatoms. The standard InChI is InChI=1S/C35H35N5O4/c1-2-42-35(41)39-20-16-28(17-21-39)32-33(30-15-9-14-29(22-30)31-23-36-18-19-37-31)40(44-25-27-12-7-4-8-13-27)38-34(32)43-24-26-10-5-3-6-11-26/h3-15,18-19,22-23,28H,2,16-17,20-21,24-25H2,1H3. The average molecular weight is 590 g/mol. The molecule has 0 saturated carbocycles. The molecule has 5 aromatic rings. The first-order valence-corrected chi connectivity index (χ1v) is 14.9. The number of benzene rings is 3. The van der Waals surface area contributed by atoms with Crippen LogP contribution in [0.3, 0.4) is 0 Å². The lowest BCUT2D eigenvalue weighted by atomic mass is 9.87. The Kier molecular flexibility index (Phi) is 9.11. The highest BCUT2D eigenvalue weighted by atomic mass is 16.7. The summed E-state index contributed by atoms with van der Waals surface area (Å²) in [4.78, 5) is 31.0. The van der Waals surface area contributed by atoms with Crippen molar-refractivity contribution >= 4 is 6.09 Å². The number of ether oxygens (including phenoxy) is 2. The number of carbonyl (C=O) groups is 1. The smallest absolute Gasteiger partial charge is 0.409 e. The second kappa shape index (κ2) is 13.9. The third kappa shape index (κ3) is 6.72. The highest BCUT2D eigenvalue weighted by molar-refractivity contribution is 5.73. The van der Waals surface area contributed by atoms with Gasteiger partial charge in [0, 0.05) is 42.2 Å². The largest absolute Gasteiger partial charge is 0.471 e. The van der Waals surface area contributed by atoms with E-state index in [4.69, 9.17) is 19.4 Å². The van der Waals surface area contributed by atoms with Gasteiger partial charge in [-0.2, -0.15) is 0 Å². The molecule has 224 valence electrons. The molecule has 0 aliphatic carbocycles. The minimum Gasteiger partial charge on any atom is -0.471 e. The number of hydrogen-bond acceptors (Lipinski definition) is 7. The molecular formula is C35H35N5O4. The Morgan fingerprint density at radius 3 is 2.25 bits per heavy atom. The van der Waals surface area contributed by atoms with Gasteiger partial charge in [0.2, 0.25) is 5.88 Å². The van der Waals surface area contributed by atoms with Gasteiger partial charge in [-0.25, -0.2) is 4.79 Å². The maximum atomic E-state index is 12.5. The molecule has 0 radical (unpaired) electrons. The first-order valence-electron chi connectivity index (χ1n) is 14.9. The van der Waals surface area contributed by atoms with Crippen LogP contribution in [-0.4, -0.2) is 50.6 Å². The summed E-state index contributed by atoms with van der Waals surface area (Å²) in [6.07, 6.45) is 6.31. The summed E-state index contributed by atoms with van der Waals surface area (Å²) < 4.78 is 11.7. The lowest BCUT2D eigenvalue weighted by molar-refractivity contribution is 0.0700. The lowest BCUT2D eigenvalue weighted by Crippen LogP contribution is -2.38. The summed E-state index contributed by atoms with van der Waals surface area (Å²) in [7, 11) is 0. The summed E-state index contributed by atoms with van der Waals surface area (Å²) in [5.41, 5.74) is 6.49. The van der Waals surface area contributed by atoms with Gasteiger partial charge in [-0.3, -0.25) is 9.97 Å². The topological polar surface area (TPSA) is 91.6 Å². The van der Waals surface area contributed by atoms with E-state index in [0.717, 1.165) is 52.0 Å². The van der Waals surface area contributed by atoms with E-state index in [9.17, 15) is 4.79 Å². The predicted octanol–water partition coefficient (Wildman–Crippen LogP) is 6.55. The molecule has 6 rings (SSSR count). The van der Waals surface area contributed by atoms with E-state index in [1.54, 1.807) is 28.3 Å². The second-order valence-corrected chi connectivity index (χ2v) is 10.6.